The van der Waals surface area contributed by atoms with E-state index >= 15 is 0 Å². The summed E-state index contributed by atoms with van der Waals surface area (Å²) in [7, 11) is 0. The highest BCUT2D eigenvalue weighted by Crippen LogP contribution is 2.25. The summed E-state index contributed by atoms with van der Waals surface area (Å²) < 4.78 is 0. The lowest BCUT2D eigenvalue weighted by Crippen LogP contribution is -2.11. The molecule has 7 heteroatoms. The Morgan fingerprint density at radius 2 is 1.92 bits per heavy atom. The van der Waals surface area contributed by atoms with Crippen molar-refractivity contribution >= 4 is 45.7 Å². The molecular weight excluding hydrogens is 362 g/mol. The lowest BCUT2D eigenvalue weighted by Gasteiger charge is -2.02. The average Bonchev–Trinajstić information content (AvgIpc) is 3.06. The smallest absolute Gasteiger partial charge is 0.226 e. The second kappa shape index (κ2) is 8.28. The number of aromatic nitrogens is 2. The van der Waals surface area contributed by atoms with Gasteiger partial charge in [0.15, 0.2) is 5.13 Å². The van der Waals surface area contributed by atoms with Crippen molar-refractivity contribution in [2.24, 2.45) is 0 Å². The zero-order chi connectivity index (χ0) is 16.8. The van der Waals surface area contributed by atoms with Crippen LogP contribution in [-0.4, -0.2) is 21.6 Å². The third kappa shape index (κ3) is 4.80. The molecule has 1 N–H and O–H groups in total. The Morgan fingerprint density at radius 1 is 1.17 bits per heavy atom. The molecule has 122 valence electrons. The molecule has 2 heterocycles. The van der Waals surface area contributed by atoms with Gasteiger partial charge in [-0.15, -0.1) is 23.1 Å². The van der Waals surface area contributed by atoms with Crippen LogP contribution in [0, 0.1) is 0 Å². The Kier molecular flexibility index (Phi) is 5.85. The Bertz CT molecular complexity index is 806. The van der Waals surface area contributed by atoms with Crippen LogP contribution in [0.15, 0.2) is 59.1 Å². The first-order chi connectivity index (χ1) is 11.7. The van der Waals surface area contributed by atoms with E-state index in [-0.39, 0.29) is 5.91 Å². The van der Waals surface area contributed by atoms with Crippen molar-refractivity contribution in [3.05, 3.63) is 59.2 Å². The topological polar surface area (TPSA) is 54.9 Å². The number of carbonyl (C=O) groups excluding carboxylic acids is 1. The number of hydrogen-bond acceptors (Lipinski definition) is 5. The molecule has 0 bridgehead atoms. The van der Waals surface area contributed by atoms with E-state index < -0.39 is 0 Å². The maximum atomic E-state index is 12.0. The molecule has 0 unspecified atom stereocenters. The van der Waals surface area contributed by atoms with Gasteiger partial charge in [-0.1, -0.05) is 11.6 Å². The molecular formula is C17H14ClN3OS2. The Labute approximate surface area is 153 Å². The van der Waals surface area contributed by atoms with Crippen LogP contribution < -0.4 is 5.32 Å². The number of benzene rings is 1. The molecule has 0 atom stereocenters. The van der Waals surface area contributed by atoms with Crippen LogP contribution >= 0.6 is 34.7 Å². The lowest BCUT2D eigenvalue weighted by atomic mass is 10.2. The minimum absolute atomic E-state index is 0.0351. The molecule has 0 saturated heterocycles. The van der Waals surface area contributed by atoms with Crippen molar-refractivity contribution in [1.82, 2.24) is 9.97 Å². The second-order valence-electron chi connectivity index (χ2n) is 4.87. The van der Waals surface area contributed by atoms with Gasteiger partial charge in [0.05, 0.1) is 5.69 Å². The predicted octanol–water partition coefficient (Wildman–Crippen LogP) is 4.98. The highest BCUT2D eigenvalue weighted by atomic mass is 35.5. The van der Waals surface area contributed by atoms with Gasteiger partial charge in [-0.25, -0.2) is 4.98 Å². The quantitative estimate of drug-likeness (QED) is 0.617. The number of nitrogens with zero attached hydrogens (tertiary/aromatic N) is 2. The number of pyridine rings is 1. The molecule has 3 aromatic rings. The van der Waals surface area contributed by atoms with E-state index in [9.17, 15) is 4.79 Å². The van der Waals surface area contributed by atoms with E-state index in [4.69, 9.17) is 11.6 Å². The maximum Gasteiger partial charge on any atom is 0.226 e. The molecule has 4 nitrogen and oxygen atoms in total. The number of rotatable bonds is 6. The molecule has 0 fully saturated rings. The van der Waals surface area contributed by atoms with Gasteiger partial charge in [0.25, 0.3) is 0 Å². The molecule has 24 heavy (non-hydrogen) atoms. The monoisotopic (exact) mass is 375 g/mol. The van der Waals surface area contributed by atoms with Crippen molar-refractivity contribution in [3.8, 4) is 11.3 Å². The number of anilines is 1. The van der Waals surface area contributed by atoms with E-state index in [1.807, 2.05) is 41.8 Å². The standard InChI is InChI=1S/C17H14ClN3OS2/c18-13-1-3-14(4-2-13)23-10-7-16(22)21-17-20-15(11-24-17)12-5-8-19-9-6-12/h1-6,8-9,11H,7,10H2,(H,20,21,22). The third-order valence-electron chi connectivity index (χ3n) is 3.14. The van der Waals surface area contributed by atoms with Crippen LogP contribution in [-0.2, 0) is 4.79 Å². The van der Waals surface area contributed by atoms with Gasteiger partial charge in [0.2, 0.25) is 5.91 Å². The van der Waals surface area contributed by atoms with Crippen molar-refractivity contribution in [3.63, 3.8) is 0 Å². The second-order valence-corrected chi connectivity index (χ2v) is 7.34. The van der Waals surface area contributed by atoms with Gasteiger partial charge in [-0.3, -0.25) is 9.78 Å². The Balaban J connectivity index is 1.48. The number of nitrogens with one attached hydrogen (secondary N) is 1. The predicted molar refractivity (Wildman–Crippen MR) is 101 cm³/mol. The highest BCUT2D eigenvalue weighted by molar-refractivity contribution is 7.99. The van der Waals surface area contributed by atoms with Crippen molar-refractivity contribution in [1.29, 1.82) is 0 Å². The SMILES string of the molecule is O=C(CCSc1ccc(Cl)cc1)Nc1nc(-c2ccncc2)cs1. The Hall–Kier alpha value is -1.89. The number of thiazole rings is 1. The fourth-order valence-electron chi connectivity index (χ4n) is 1.96. The van der Waals surface area contributed by atoms with Crippen molar-refractivity contribution in [2.75, 3.05) is 11.1 Å². The van der Waals surface area contributed by atoms with E-state index in [0.29, 0.717) is 22.3 Å². The van der Waals surface area contributed by atoms with Crippen molar-refractivity contribution in [2.45, 2.75) is 11.3 Å². The normalized spacial score (nSPS) is 10.5. The minimum Gasteiger partial charge on any atom is -0.302 e. The first-order valence-electron chi connectivity index (χ1n) is 7.25. The van der Waals surface area contributed by atoms with E-state index in [0.717, 1.165) is 16.2 Å². The zero-order valence-corrected chi connectivity index (χ0v) is 15.0. The number of thioether (sulfide) groups is 1. The molecule has 0 radical (unpaired) electrons. The van der Waals surface area contributed by atoms with Crippen LogP contribution in [0.2, 0.25) is 5.02 Å². The van der Waals surface area contributed by atoms with Crippen LogP contribution in [0.25, 0.3) is 11.3 Å². The van der Waals surface area contributed by atoms with Gasteiger partial charge < -0.3 is 5.32 Å². The first-order valence-corrected chi connectivity index (χ1v) is 9.49. The molecule has 3 rings (SSSR count). The maximum absolute atomic E-state index is 12.0. The molecule has 0 aliphatic carbocycles. The summed E-state index contributed by atoms with van der Waals surface area (Å²) in [6.45, 7) is 0. The van der Waals surface area contributed by atoms with E-state index in [2.05, 4.69) is 15.3 Å². The molecule has 1 aromatic carbocycles. The van der Waals surface area contributed by atoms with Crippen LogP contribution in [0.1, 0.15) is 6.42 Å². The summed E-state index contributed by atoms with van der Waals surface area (Å²) in [6.07, 6.45) is 3.87. The largest absolute Gasteiger partial charge is 0.302 e. The van der Waals surface area contributed by atoms with Gasteiger partial charge in [0, 0.05) is 45.4 Å². The molecule has 1 amide bonds. The van der Waals surface area contributed by atoms with E-state index in [1.165, 1.54) is 11.3 Å². The molecule has 0 aliphatic heterocycles. The zero-order valence-electron chi connectivity index (χ0n) is 12.6. The summed E-state index contributed by atoms with van der Waals surface area (Å²) in [4.78, 5) is 21.5. The lowest BCUT2D eigenvalue weighted by molar-refractivity contribution is -0.115. The fraction of sp³-hybridized carbons (Fsp3) is 0.118. The van der Waals surface area contributed by atoms with Crippen LogP contribution in [0.4, 0.5) is 5.13 Å². The number of hydrogen-bond donors (Lipinski definition) is 1. The van der Waals surface area contributed by atoms with Gasteiger partial charge in [0.1, 0.15) is 0 Å². The van der Waals surface area contributed by atoms with Gasteiger partial charge >= 0.3 is 0 Å². The molecule has 2 aromatic heterocycles. The van der Waals surface area contributed by atoms with Crippen molar-refractivity contribution < 1.29 is 4.79 Å². The summed E-state index contributed by atoms with van der Waals surface area (Å²) >= 11 is 8.90. The summed E-state index contributed by atoms with van der Waals surface area (Å²) in [5.41, 5.74) is 1.83. The minimum atomic E-state index is -0.0351. The number of amides is 1. The molecule has 0 saturated carbocycles. The Morgan fingerprint density at radius 3 is 2.67 bits per heavy atom. The van der Waals surface area contributed by atoms with Crippen LogP contribution in [0.3, 0.4) is 0 Å². The van der Waals surface area contributed by atoms with Gasteiger partial charge in [-0.2, -0.15) is 0 Å². The summed E-state index contributed by atoms with van der Waals surface area (Å²) in [5, 5.41) is 6.10. The third-order valence-corrected chi connectivity index (χ3v) is 5.16. The number of carbonyl (C=O) groups is 1. The van der Waals surface area contributed by atoms with Crippen LogP contribution in [0.5, 0.6) is 0 Å². The number of halogens is 1. The molecule has 0 spiro atoms. The first kappa shape index (κ1) is 17.0. The summed E-state index contributed by atoms with van der Waals surface area (Å²) in [6, 6.07) is 11.4. The summed E-state index contributed by atoms with van der Waals surface area (Å²) in [5.74, 6) is 0.669. The molecule has 0 aliphatic rings. The van der Waals surface area contributed by atoms with Gasteiger partial charge in [-0.05, 0) is 36.4 Å². The average molecular weight is 376 g/mol. The fourth-order valence-corrected chi connectivity index (χ4v) is 3.67. The highest BCUT2D eigenvalue weighted by Gasteiger charge is 2.08. The van der Waals surface area contributed by atoms with E-state index in [1.54, 1.807) is 24.2 Å².